The topological polar surface area (TPSA) is 52.7 Å². The lowest BCUT2D eigenvalue weighted by Crippen LogP contribution is -2.42. The normalized spacial score (nSPS) is 23.8. The van der Waals surface area contributed by atoms with Gasteiger partial charge in [-0.3, -0.25) is 9.59 Å². The molecule has 2 fully saturated rings. The maximum absolute atomic E-state index is 12.2. The van der Waals surface area contributed by atoms with E-state index in [-0.39, 0.29) is 17.9 Å². The summed E-state index contributed by atoms with van der Waals surface area (Å²) < 4.78 is 0. The largest absolute Gasteiger partial charge is 0.343 e. The number of likely N-dealkylation sites (tertiary alicyclic amines) is 2. The van der Waals surface area contributed by atoms with Crippen molar-refractivity contribution in [2.24, 2.45) is 0 Å². The summed E-state index contributed by atoms with van der Waals surface area (Å²) in [6.45, 7) is 7.24. The number of carbonyl (C=O) groups is 2. The Hall–Kier alpha value is -1.10. The maximum Gasteiger partial charge on any atom is 0.239 e. The van der Waals surface area contributed by atoms with Crippen LogP contribution in [-0.2, 0) is 9.59 Å². The summed E-state index contributed by atoms with van der Waals surface area (Å²) in [6.07, 6.45) is 4.80. The second-order valence-electron chi connectivity index (χ2n) is 6.18. The average Bonchev–Trinajstić information content (AvgIpc) is 2.77. The summed E-state index contributed by atoms with van der Waals surface area (Å²) in [5, 5.41) is 3.29. The van der Waals surface area contributed by atoms with Crippen LogP contribution >= 0.6 is 0 Å². The maximum atomic E-state index is 12.2. The lowest BCUT2D eigenvalue weighted by Gasteiger charge is -2.27. The molecule has 0 aromatic carbocycles. The van der Waals surface area contributed by atoms with Gasteiger partial charge in [0.1, 0.15) is 0 Å². The van der Waals surface area contributed by atoms with Gasteiger partial charge in [0, 0.05) is 38.6 Å². The van der Waals surface area contributed by atoms with Crippen molar-refractivity contribution >= 4 is 11.8 Å². The van der Waals surface area contributed by atoms with Crippen molar-refractivity contribution < 1.29 is 9.59 Å². The van der Waals surface area contributed by atoms with Crippen molar-refractivity contribution in [3.05, 3.63) is 0 Å². The van der Waals surface area contributed by atoms with Crippen molar-refractivity contribution in [1.82, 2.24) is 15.1 Å². The molecule has 0 aliphatic carbocycles. The Labute approximate surface area is 121 Å². The highest BCUT2D eigenvalue weighted by molar-refractivity contribution is 5.84. The first-order chi connectivity index (χ1) is 9.58. The van der Waals surface area contributed by atoms with E-state index in [0.29, 0.717) is 19.0 Å². The van der Waals surface area contributed by atoms with Crippen LogP contribution in [0.5, 0.6) is 0 Å². The molecule has 2 aliphatic heterocycles. The zero-order valence-electron chi connectivity index (χ0n) is 12.7. The minimum Gasteiger partial charge on any atom is -0.343 e. The summed E-state index contributed by atoms with van der Waals surface area (Å²) in [5.74, 6) is 0.364. The molecular formula is C15H27N3O2. The first-order valence-electron chi connectivity index (χ1n) is 7.90. The molecule has 20 heavy (non-hydrogen) atoms. The lowest BCUT2D eigenvalue weighted by atomic mass is 10.1. The van der Waals surface area contributed by atoms with Crippen LogP contribution in [0, 0.1) is 0 Å². The SMILES string of the molecule is CC(C)NC1CCN(CCC(=O)N2CCCCC2)C1=O. The van der Waals surface area contributed by atoms with E-state index in [1.54, 1.807) is 0 Å². The molecule has 0 saturated carbocycles. The third-order valence-electron chi connectivity index (χ3n) is 4.14. The molecule has 0 spiro atoms. The van der Waals surface area contributed by atoms with Crippen molar-refractivity contribution in [2.75, 3.05) is 26.2 Å². The summed E-state index contributed by atoms with van der Waals surface area (Å²) in [7, 11) is 0. The van der Waals surface area contributed by atoms with E-state index in [9.17, 15) is 9.59 Å². The van der Waals surface area contributed by atoms with Crippen LogP contribution in [0.25, 0.3) is 0 Å². The van der Waals surface area contributed by atoms with Gasteiger partial charge in [-0.25, -0.2) is 0 Å². The fraction of sp³-hybridized carbons (Fsp3) is 0.867. The number of piperidine rings is 1. The fourth-order valence-corrected chi connectivity index (χ4v) is 3.05. The van der Waals surface area contributed by atoms with Crippen LogP contribution in [0.2, 0.25) is 0 Å². The van der Waals surface area contributed by atoms with Gasteiger partial charge in [0.15, 0.2) is 0 Å². The molecule has 5 heteroatoms. The molecule has 1 atom stereocenters. The van der Waals surface area contributed by atoms with Gasteiger partial charge in [-0.15, -0.1) is 0 Å². The second-order valence-corrected chi connectivity index (χ2v) is 6.18. The fourth-order valence-electron chi connectivity index (χ4n) is 3.05. The molecular weight excluding hydrogens is 254 g/mol. The third-order valence-corrected chi connectivity index (χ3v) is 4.14. The number of hydrogen-bond donors (Lipinski definition) is 1. The third kappa shape index (κ3) is 3.95. The Kier molecular flexibility index (Phi) is 5.40. The number of nitrogens with one attached hydrogen (secondary N) is 1. The van der Waals surface area contributed by atoms with Gasteiger partial charge < -0.3 is 15.1 Å². The van der Waals surface area contributed by atoms with Gasteiger partial charge in [-0.2, -0.15) is 0 Å². The zero-order valence-corrected chi connectivity index (χ0v) is 12.7. The summed E-state index contributed by atoms with van der Waals surface area (Å²) in [6, 6.07) is 0.263. The molecule has 2 saturated heterocycles. The van der Waals surface area contributed by atoms with E-state index in [4.69, 9.17) is 0 Å². The van der Waals surface area contributed by atoms with E-state index in [0.717, 1.165) is 38.9 Å². The van der Waals surface area contributed by atoms with Gasteiger partial charge in [0.25, 0.3) is 0 Å². The minimum absolute atomic E-state index is 0.0555. The minimum atomic E-state index is -0.0555. The smallest absolute Gasteiger partial charge is 0.239 e. The van der Waals surface area contributed by atoms with E-state index in [2.05, 4.69) is 19.2 Å². The number of rotatable bonds is 5. The Morgan fingerprint density at radius 1 is 1.25 bits per heavy atom. The van der Waals surface area contributed by atoms with Crippen molar-refractivity contribution in [3.8, 4) is 0 Å². The predicted molar refractivity (Wildman–Crippen MR) is 78.3 cm³/mol. The summed E-state index contributed by atoms with van der Waals surface area (Å²) in [4.78, 5) is 28.0. The molecule has 2 aliphatic rings. The molecule has 0 bridgehead atoms. The molecule has 2 rings (SSSR count). The van der Waals surface area contributed by atoms with E-state index in [1.165, 1.54) is 6.42 Å². The molecule has 1 unspecified atom stereocenters. The average molecular weight is 281 g/mol. The van der Waals surface area contributed by atoms with Crippen molar-refractivity contribution in [3.63, 3.8) is 0 Å². The highest BCUT2D eigenvalue weighted by atomic mass is 16.2. The summed E-state index contributed by atoms with van der Waals surface area (Å²) >= 11 is 0. The quantitative estimate of drug-likeness (QED) is 0.817. The predicted octanol–water partition coefficient (Wildman–Crippen LogP) is 0.988. The molecule has 0 aromatic heterocycles. The van der Waals surface area contributed by atoms with E-state index >= 15 is 0 Å². The Morgan fingerprint density at radius 2 is 1.95 bits per heavy atom. The van der Waals surface area contributed by atoms with Crippen molar-refractivity contribution in [1.29, 1.82) is 0 Å². The first-order valence-corrected chi connectivity index (χ1v) is 7.90. The number of hydrogen-bond acceptors (Lipinski definition) is 3. The Balaban J connectivity index is 1.74. The number of amides is 2. The molecule has 1 N–H and O–H groups in total. The van der Waals surface area contributed by atoms with E-state index < -0.39 is 0 Å². The Bertz CT molecular complexity index is 351. The monoisotopic (exact) mass is 281 g/mol. The van der Waals surface area contributed by atoms with Crippen LogP contribution in [-0.4, -0.2) is 59.9 Å². The lowest BCUT2D eigenvalue weighted by molar-refractivity contribution is -0.134. The zero-order chi connectivity index (χ0) is 14.5. The first kappa shape index (κ1) is 15.3. The highest BCUT2D eigenvalue weighted by Gasteiger charge is 2.32. The van der Waals surface area contributed by atoms with E-state index in [1.807, 2.05) is 9.80 Å². The Morgan fingerprint density at radius 3 is 2.60 bits per heavy atom. The van der Waals surface area contributed by atoms with Crippen LogP contribution in [0.4, 0.5) is 0 Å². The van der Waals surface area contributed by atoms with Crippen LogP contribution in [0.15, 0.2) is 0 Å². The molecule has 5 nitrogen and oxygen atoms in total. The molecule has 0 radical (unpaired) electrons. The van der Waals surface area contributed by atoms with Gasteiger partial charge in [-0.1, -0.05) is 13.8 Å². The van der Waals surface area contributed by atoms with Gasteiger partial charge in [-0.05, 0) is 25.7 Å². The van der Waals surface area contributed by atoms with Gasteiger partial charge in [0.2, 0.25) is 11.8 Å². The molecule has 114 valence electrons. The molecule has 0 aromatic rings. The van der Waals surface area contributed by atoms with Crippen LogP contribution in [0.3, 0.4) is 0 Å². The van der Waals surface area contributed by atoms with Crippen molar-refractivity contribution in [2.45, 2.75) is 58.0 Å². The van der Waals surface area contributed by atoms with Gasteiger partial charge in [0.05, 0.1) is 6.04 Å². The van der Waals surface area contributed by atoms with Crippen LogP contribution in [0.1, 0.15) is 46.0 Å². The number of nitrogens with zero attached hydrogens (tertiary/aromatic N) is 2. The number of carbonyl (C=O) groups excluding carboxylic acids is 2. The molecule has 2 amide bonds. The summed E-state index contributed by atoms with van der Waals surface area (Å²) in [5.41, 5.74) is 0. The molecule has 2 heterocycles. The van der Waals surface area contributed by atoms with Gasteiger partial charge >= 0.3 is 0 Å². The van der Waals surface area contributed by atoms with Crippen LogP contribution < -0.4 is 5.32 Å². The second kappa shape index (κ2) is 7.07. The standard InChI is InChI=1S/C15H27N3O2/c1-12(2)16-13-6-10-18(15(13)20)11-7-14(19)17-8-4-3-5-9-17/h12-13,16H,3-11H2,1-2H3. The highest BCUT2D eigenvalue weighted by Crippen LogP contribution is 2.14.